The first kappa shape index (κ1) is 11.0. The fraction of sp³-hybridized carbons (Fsp3) is 0.273. The topological polar surface area (TPSA) is 50.7 Å². The van der Waals surface area contributed by atoms with Gasteiger partial charge in [-0.05, 0) is 24.3 Å². The van der Waals surface area contributed by atoms with Crippen molar-refractivity contribution in [3.8, 4) is 0 Å². The summed E-state index contributed by atoms with van der Waals surface area (Å²) in [5, 5.41) is 6.39. The van der Waals surface area contributed by atoms with Crippen LogP contribution < -0.4 is 5.32 Å². The minimum atomic E-state index is -0.546. The molecule has 1 aromatic rings. The molecule has 16 heavy (non-hydrogen) atoms. The molecule has 5 heteroatoms. The van der Waals surface area contributed by atoms with Crippen molar-refractivity contribution in [3.63, 3.8) is 0 Å². The van der Waals surface area contributed by atoms with E-state index in [9.17, 15) is 4.79 Å². The quantitative estimate of drug-likeness (QED) is 0.634. The maximum Gasteiger partial charge on any atom is 0.437 e. The van der Waals surface area contributed by atoms with E-state index in [0.717, 1.165) is 23.6 Å². The summed E-state index contributed by atoms with van der Waals surface area (Å²) in [6.07, 6.45) is 0.360. The minimum Gasteiger partial charge on any atom is -0.298 e. The van der Waals surface area contributed by atoms with E-state index in [1.54, 1.807) is 23.9 Å². The Morgan fingerprint density at radius 2 is 2.19 bits per heavy atom. The second kappa shape index (κ2) is 5.55. The summed E-state index contributed by atoms with van der Waals surface area (Å²) >= 11 is 1.80. The van der Waals surface area contributed by atoms with Crippen molar-refractivity contribution in [2.75, 3.05) is 16.8 Å². The van der Waals surface area contributed by atoms with Crippen LogP contribution in [0.25, 0.3) is 0 Å². The highest BCUT2D eigenvalue weighted by Gasteiger charge is 2.10. The molecule has 0 aromatic heterocycles. The van der Waals surface area contributed by atoms with Crippen LogP contribution in [0.3, 0.4) is 0 Å². The van der Waals surface area contributed by atoms with Gasteiger partial charge in [-0.3, -0.25) is 10.2 Å². The first-order chi connectivity index (χ1) is 7.84. The highest BCUT2D eigenvalue weighted by atomic mass is 32.2. The Bertz CT molecular complexity index is 384. The van der Waals surface area contributed by atoms with E-state index < -0.39 is 6.09 Å². The normalized spacial score (nSPS) is 17.4. The van der Waals surface area contributed by atoms with Gasteiger partial charge in [0, 0.05) is 11.4 Å². The number of oxime groups is 1. The van der Waals surface area contributed by atoms with Gasteiger partial charge in [-0.15, -0.1) is 0 Å². The van der Waals surface area contributed by atoms with Gasteiger partial charge in [0.2, 0.25) is 0 Å². The summed E-state index contributed by atoms with van der Waals surface area (Å²) in [6, 6.07) is 9.15. The Balaban J connectivity index is 1.82. The first-order valence-corrected chi connectivity index (χ1v) is 6.16. The number of benzene rings is 1. The SMILES string of the molecule is O=C(Nc1ccccc1)ON=C1CCSC1. The van der Waals surface area contributed by atoms with E-state index in [2.05, 4.69) is 10.5 Å². The van der Waals surface area contributed by atoms with E-state index in [0.29, 0.717) is 5.69 Å². The lowest BCUT2D eigenvalue weighted by Crippen LogP contribution is -2.12. The predicted molar refractivity (Wildman–Crippen MR) is 65.9 cm³/mol. The molecule has 0 saturated carbocycles. The van der Waals surface area contributed by atoms with E-state index in [4.69, 9.17) is 4.84 Å². The van der Waals surface area contributed by atoms with Crippen molar-refractivity contribution < 1.29 is 9.63 Å². The number of thioether (sulfide) groups is 1. The van der Waals surface area contributed by atoms with Crippen molar-refractivity contribution >= 4 is 29.3 Å². The molecule has 0 spiro atoms. The molecule has 0 aliphatic carbocycles. The highest BCUT2D eigenvalue weighted by molar-refractivity contribution is 8.00. The van der Waals surface area contributed by atoms with Crippen LogP contribution in [-0.2, 0) is 4.84 Å². The van der Waals surface area contributed by atoms with Crippen molar-refractivity contribution in [3.05, 3.63) is 30.3 Å². The Morgan fingerprint density at radius 1 is 1.38 bits per heavy atom. The van der Waals surface area contributed by atoms with Crippen LogP contribution >= 0.6 is 11.8 Å². The fourth-order valence-corrected chi connectivity index (χ4v) is 2.25. The summed E-state index contributed by atoms with van der Waals surface area (Å²) in [5.74, 6) is 1.92. The molecule has 1 saturated heterocycles. The van der Waals surface area contributed by atoms with E-state index >= 15 is 0 Å². The zero-order valence-corrected chi connectivity index (χ0v) is 9.50. The summed E-state index contributed by atoms with van der Waals surface area (Å²) < 4.78 is 0. The lowest BCUT2D eigenvalue weighted by atomic mass is 10.3. The largest absolute Gasteiger partial charge is 0.437 e. The lowest BCUT2D eigenvalue weighted by Gasteiger charge is -2.02. The number of nitrogens with one attached hydrogen (secondary N) is 1. The van der Waals surface area contributed by atoms with E-state index in [1.807, 2.05) is 18.2 Å². The third-order valence-corrected chi connectivity index (χ3v) is 3.11. The molecule has 1 aliphatic rings. The van der Waals surface area contributed by atoms with Crippen LogP contribution in [0.4, 0.5) is 10.5 Å². The maximum atomic E-state index is 11.3. The first-order valence-electron chi connectivity index (χ1n) is 5.01. The third-order valence-electron chi connectivity index (χ3n) is 2.08. The van der Waals surface area contributed by atoms with Crippen LogP contribution in [0.1, 0.15) is 6.42 Å². The fourth-order valence-electron chi connectivity index (χ4n) is 1.29. The molecule has 1 fully saturated rings. The molecule has 4 nitrogen and oxygen atoms in total. The lowest BCUT2D eigenvalue weighted by molar-refractivity contribution is 0.166. The number of anilines is 1. The van der Waals surface area contributed by atoms with E-state index in [-0.39, 0.29) is 0 Å². The van der Waals surface area contributed by atoms with E-state index in [1.165, 1.54) is 0 Å². The zero-order chi connectivity index (χ0) is 11.2. The average molecular weight is 236 g/mol. The van der Waals surface area contributed by atoms with Crippen LogP contribution in [0.5, 0.6) is 0 Å². The van der Waals surface area contributed by atoms with Crippen LogP contribution in [-0.4, -0.2) is 23.3 Å². The number of carbonyl (C=O) groups is 1. The molecule has 0 radical (unpaired) electrons. The van der Waals surface area contributed by atoms with Gasteiger partial charge in [0.25, 0.3) is 0 Å². The number of rotatable bonds is 2. The van der Waals surface area contributed by atoms with Gasteiger partial charge in [0.15, 0.2) is 0 Å². The molecule has 84 valence electrons. The monoisotopic (exact) mass is 236 g/mol. The number of hydrogen-bond donors (Lipinski definition) is 1. The molecule has 1 amide bonds. The highest BCUT2D eigenvalue weighted by Crippen LogP contribution is 2.14. The summed E-state index contributed by atoms with van der Waals surface area (Å²) in [4.78, 5) is 16.1. The molecule has 1 aliphatic heterocycles. The number of para-hydroxylation sites is 1. The Kier molecular flexibility index (Phi) is 3.82. The molecule has 1 N–H and O–H groups in total. The molecule has 1 heterocycles. The van der Waals surface area contributed by atoms with Gasteiger partial charge >= 0.3 is 6.09 Å². The number of carbonyl (C=O) groups excluding carboxylic acids is 1. The number of nitrogens with zero attached hydrogens (tertiary/aromatic N) is 1. The predicted octanol–water partition coefficient (Wildman–Crippen LogP) is 2.73. The van der Waals surface area contributed by atoms with Crippen LogP contribution in [0, 0.1) is 0 Å². The number of hydrogen-bond acceptors (Lipinski definition) is 4. The molecule has 0 atom stereocenters. The number of amides is 1. The smallest absolute Gasteiger partial charge is 0.298 e. The molecule has 2 rings (SSSR count). The Hall–Kier alpha value is -1.49. The van der Waals surface area contributed by atoms with Crippen molar-refractivity contribution in [2.45, 2.75) is 6.42 Å². The molecular weight excluding hydrogens is 224 g/mol. The van der Waals surface area contributed by atoms with Crippen molar-refractivity contribution in [1.82, 2.24) is 0 Å². The van der Waals surface area contributed by atoms with Gasteiger partial charge in [0.05, 0.1) is 5.71 Å². The van der Waals surface area contributed by atoms with Crippen LogP contribution in [0.15, 0.2) is 35.5 Å². The molecule has 0 unspecified atom stereocenters. The molecule has 1 aromatic carbocycles. The third kappa shape index (κ3) is 3.27. The van der Waals surface area contributed by atoms with Gasteiger partial charge in [-0.1, -0.05) is 23.4 Å². The van der Waals surface area contributed by atoms with Crippen LogP contribution in [0.2, 0.25) is 0 Å². The Labute approximate surface area is 98.0 Å². The van der Waals surface area contributed by atoms with Gasteiger partial charge < -0.3 is 0 Å². The summed E-state index contributed by atoms with van der Waals surface area (Å²) in [5.41, 5.74) is 1.64. The zero-order valence-electron chi connectivity index (χ0n) is 8.68. The summed E-state index contributed by atoms with van der Waals surface area (Å²) in [7, 11) is 0. The average Bonchev–Trinajstić information content (AvgIpc) is 2.81. The second-order valence-corrected chi connectivity index (χ2v) is 4.44. The summed E-state index contributed by atoms with van der Waals surface area (Å²) in [6.45, 7) is 0. The Morgan fingerprint density at radius 3 is 2.88 bits per heavy atom. The molecular formula is C11H12N2O2S. The molecule has 0 bridgehead atoms. The second-order valence-electron chi connectivity index (χ2n) is 3.33. The standard InChI is InChI=1S/C11H12N2O2S/c14-11(12-9-4-2-1-3-5-9)15-13-10-6-7-16-8-10/h1-5H,6-8H2,(H,12,14). The van der Waals surface area contributed by atoms with Crippen molar-refractivity contribution in [2.24, 2.45) is 5.16 Å². The van der Waals surface area contributed by atoms with Crippen molar-refractivity contribution in [1.29, 1.82) is 0 Å². The maximum absolute atomic E-state index is 11.3. The minimum absolute atomic E-state index is 0.546. The van der Waals surface area contributed by atoms with Gasteiger partial charge in [-0.2, -0.15) is 11.8 Å². The van der Waals surface area contributed by atoms with Gasteiger partial charge in [0.1, 0.15) is 0 Å². The van der Waals surface area contributed by atoms with Gasteiger partial charge in [-0.25, -0.2) is 4.79 Å².